The predicted octanol–water partition coefficient (Wildman–Crippen LogP) is 3.93. The lowest BCUT2D eigenvalue weighted by Crippen LogP contribution is -2.09. The smallest absolute Gasteiger partial charge is 0.118 e. The molecule has 20 heavy (non-hydrogen) atoms. The lowest BCUT2D eigenvalue weighted by Gasteiger charge is -2.05. The first-order chi connectivity index (χ1) is 9.78. The van der Waals surface area contributed by atoms with Crippen molar-refractivity contribution in [3.05, 3.63) is 57.0 Å². The van der Waals surface area contributed by atoms with Crippen LogP contribution in [-0.2, 0) is 0 Å². The zero-order chi connectivity index (χ0) is 13.9. The van der Waals surface area contributed by atoms with Gasteiger partial charge in [-0.15, -0.1) is 22.7 Å². The Balaban J connectivity index is 1.86. The van der Waals surface area contributed by atoms with Crippen LogP contribution in [0.3, 0.4) is 0 Å². The topological polar surface area (TPSA) is 48.1 Å². The molecule has 1 atom stereocenters. The van der Waals surface area contributed by atoms with Crippen molar-refractivity contribution in [2.45, 2.75) is 6.04 Å². The van der Waals surface area contributed by atoms with Gasteiger partial charge in [0.05, 0.1) is 18.8 Å². The van der Waals surface area contributed by atoms with Crippen LogP contribution in [0.2, 0.25) is 0 Å². The molecule has 0 saturated heterocycles. The van der Waals surface area contributed by atoms with E-state index in [1.54, 1.807) is 29.8 Å². The van der Waals surface area contributed by atoms with Gasteiger partial charge in [-0.05, 0) is 35.7 Å². The Kier molecular flexibility index (Phi) is 3.82. The van der Waals surface area contributed by atoms with Crippen LogP contribution < -0.4 is 10.5 Å². The average Bonchev–Trinajstić information content (AvgIpc) is 3.18. The Hall–Kier alpha value is -1.69. The van der Waals surface area contributed by atoms with Gasteiger partial charge >= 0.3 is 0 Å². The van der Waals surface area contributed by atoms with Gasteiger partial charge in [-0.1, -0.05) is 6.07 Å². The van der Waals surface area contributed by atoms with Crippen LogP contribution in [0, 0.1) is 0 Å². The summed E-state index contributed by atoms with van der Waals surface area (Å²) in [5.41, 5.74) is 8.27. The normalized spacial score (nSPS) is 12.3. The predicted molar refractivity (Wildman–Crippen MR) is 84.5 cm³/mol. The maximum atomic E-state index is 6.24. The molecular formula is C15H14N2OS2. The zero-order valence-electron chi connectivity index (χ0n) is 10.9. The highest BCUT2D eigenvalue weighted by atomic mass is 32.1. The maximum absolute atomic E-state index is 6.24. The Bertz CT molecular complexity index is 674. The quantitative estimate of drug-likeness (QED) is 0.794. The van der Waals surface area contributed by atoms with E-state index in [0.29, 0.717) is 0 Å². The van der Waals surface area contributed by atoms with Crippen LogP contribution in [0.1, 0.15) is 15.9 Å². The number of ether oxygens (including phenoxy) is 1. The average molecular weight is 302 g/mol. The van der Waals surface area contributed by atoms with Gasteiger partial charge in [-0.2, -0.15) is 0 Å². The second kappa shape index (κ2) is 5.75. The van der Waals surface area contributed by atoms with Crippen molar-refractivity contribution in [2.75, 3.05) is 7.11 Å². The minimum atomic E-state index is -0.132. The Labute approximate surface area is 125 Å². The number of aromatic nitrogens is 1. The van der Waals surface area contributed by atoms with E-state index in [4.69, 9.17) is 10.5 Å². The van der Waals surface area contributed by atoms with Gasteiger partial charge < -0.3 is 10.5 Å². The number of thiazole rings is 1. The Morgan fingerprint density at radius 1 is 1.15 bits per heavy atom. The van der Waals surface area contributed by atoms with Crippen molar-refractivity contribution >= 4 is 22.7 Å². The molecule has 2 N–H and O–H groups in total. The van der Waals surface area contributed by atoms with Crippen LogP contribution in [0.5, 0.6) is 5.75 Å². The second-order valence-electron chi connectivity index (χ2n) is 4.29. The van der Waals surface area contributed by atoms with E-state index < -0.39 is 0 Å². The first-order valence-electron chi connectivity index (χ1n) is 6.17. The molecule has 0 saturated carbocycles. The van der Waals surface area contributed by atoms with E-state index in [-0.39, 0.29) is 6.04 Å². The molecule has 2 aromatic heterocycles. The monoisotopic (exact) mass is 302 g/mol. The van der Waals surface area contributed by atoms with Crippen LogP contribution >= 0.6 is 22.7 Å². The SMILES string of the molecule is COc1ccc(-c2csc(C(N)c3cccs3)n2)cc1. The molecule has 1 aromatic carbocycles. The summed E-state index contributed by atoms with van der Waals surface area (Å²) in [7, 11) is 1.66. The number of nitrogens with two attached hydrogens (primary N) is 1. The van der Waals surface area contributed by atoms with Gasteiger partial charge in [0.1, 0.15) is 10.8 Å². The number of nitrogens with zero attached hydrogens (tertiary/aromatic N) is 1. The summed E-state index contributed by atoms with van der Waals surface area (Å²) in [5.74, 6) is 0.847. The fraction of sp³-hybridized carbons (Fsp3) is 0.133. The third-order valence-corrected chi connectivity index (χ3v) is 4.91. The fourth-order valence-corrected chi connectivity index (χ4v) is 3.56. The number of rotatable bonds is 4. The van der Waals surface area contributed by atoms with Gasteiger partial charge in [0, 0.05) is 15.8 Å². The number of methoxy groups -OCH3 is 1. The molecule has 1 unspecified atom stereocenters. The third kappa shape index (κ3) is 2.60. The van der Waals surface area contributed by atoms with Crippen LogP contribution in [-0.4, -0.2) is 12.1 Å². The summed E-state index contributed by atoms with van der Waals surface area (Å²) in [6.07, 6.45) is 0. The summed E-state index contributed by atoms with van der Waals surface area (Å²) in [4.78, 5) is 5.79. The van der Waals surface area contributed by atoms with Crippen LogP contribution in [0.25, 0.3) is 11.3 Å². The molecule has 0 radical (unpaired) electrons. The summed E-state index contributed by atoms with van der Waals surface area (Å²) in [6, 6.07) is 11.8. The molecule has 0 aliphatic rings. The fourth-order valence-electron chi connectivity index (χ4n) is 1.91. The van der Waals surface area contributed by atoms with E-state index in [2.05, 4.69) is 4.98 Å². The third-order valence-electron chi connectivity index (χ3n) is 3.02. The van der Waals surface area contributed by atoms with Gasteiger partial charge in [0.2, 0.25) is 0 Å². The highest BCUT2D eigenvalue weighted by Gasteiger charge is 2.14. The first kappa shape index (κ1) is 13.3. The van der Waals surface area contributed by atoms with Crippen molar-refractivity contribution in [2.24, 2.45) is 5.73 Å². The number of hydrogen-bond acceptors (Lipinski definition) is 5. The van der Waals surface area contributed by atoms with E-state index >= 15 is 0 Å². The molecule has 0 bridgehead atoms. The zero-order valence-corrected chi connectivity index (χ0v) is 12.6. The highest BCUT2D eigenvalue weighted by Crippen LogP contribution is 2.30. The van der Waals surface area contributed by atoms with Gasteiger partial charge in [0.25, 0.3) is 0 Å². The van der Waals surface area contributed by atoms with Crippen molar-refractivity contribution < 1.29 is 4.74 Å². The maximum Gasteiger partial charge on any atom is 0.118 e. The van der Waals surface area contributed by atoms with Crippen molar-refractivity contribution in [3.8, 4) is 17.0 Å². The molecule has 5 heteroatoms. The van der Waals surface area contributed by atoms with Crippen molar-refractivity contribution in [3.63, 3.8) is 0 Å². The summed E-state index contributed by atoms with van der Waals surface area (Å²) < 4.78 is 5.16. The number of benzene rings is 1. The van der Waals surface area contributed by atoms with Crippen LogP contribution in [0.15, 0.2) is 47.2 Å². The van der Waals surface area contributed by atoms with E-state index in [1.807, 2.05) is 47.2 Å². The molecule has 3 aromatic rings. The standard InChI is InChI=1S/C15H14N2OS2/c1-18-11-6-4-10(5-7-11)12-9-20-15(17-12)14(16)13-3-2-8-19-13/h2-9,14H,16H2,1H3. The minimum absolute atomic E-state index is 0.132. The van der Waals surface area contributed by atoms with Crippen LogP contribution in [0.4, 0.5) is 0 Å². The number of thiophene rings is 1. The van der Waals surface area contributed by atoms with Crippen molar-refractivity contribution in [1.29, 1.82) is 0 Å². The summed E-state index contributed by atoms with van der Waals surface area (Å²) in [6.45, 7) is 0. The summed E-state index contributed by atoms with van der Waals surface area (Å²) >= 11 is 3.26. The van der Waals surface area contributed by atoms with E-state index in [0.717, 1.165) is 26.9 Å². The molecule has 102 valence electrons. The lowest BCUT2D eigenvalue weighted by molar-refractivity contribution is 0.415. The lowest BCUT2D eigenvalue weighted by atomic mass is 10.2. The molecule has 0 aliphatic heterocycles. The second-order valence-corrected chi connectivity index (χ2v) is 6.16. The highest BCUT2D eigenvalue weighted by molar-refractivity contribution is 7.11. The largest absolute Gasteiger partial charge is 0.497 e. The van der Waals surface area contributed by atoms with Crippen molar-refractivity contribution in [1.82, 2.24) is 4.98 Å². The molecule has 0 fully saturated rings. The van der Waals surface area contributed by atoms with Gasteiger partial charge in [-0.3, -0.25) is 0 Å². The Morgan fingerprint density at radius 3 is 2.60 bits per heavy atom. The van der Waals surface area contributed by atoms with Gasteiger partial charge in [0.15, 0.2) is 0 Å². The molecule has 0 spiro atoms. The molecule has 0 aliphatic carbocycles. The van der Waals surface area contributed by atoms with Gasteiger partial charge in [-0.25, -0.2) is 4.98 Å². The number of hydrogen-bond donors (Lipinski definition) is 1. The molecule has 2 heterocycles. The van der Waals surface area contributed by atoms with E-state index in [1.165, 1.54) is 0 Å². The minimum Gasteiger partial charge on any atom is -0.497 e. The molecular weight excluding hydrogens is 288 g/mol. The molecule has 3 rings (SSSR count). The Morgan fingerprint density at radius 2 is 1.95 bits per heavy atom. The first-order valence-corrected chi connectivity index (χ1v) is 7.92. The molecule has 0 amide bonds. The summed E-state index contributed by atoms with van der Waals surface area (Å²) in [5, 5.41) is 5.02. The van der Waals surface area contributed by atoms with E-state index in [9.17, 15) is 0 Å². The molecule has 3 nitrogen and oxygen atoms in total.